The molecule has 3 atom stereocenters. The molecule has 0 heterocycles. The molecular weight excluding hydrogens is 210 g/mol. The lowest BCUT2D eigenvalue weighted by molar-refractivity contribution is -0.136. The predicted molar refractivity (Wildman–Crippen MR) is 57.3 cm³/mol. The lowest BCUT2D eigenvalue weighted by Crippen LogP contribution is -2.35. The Morgan fingerprint density at radius 3 is 3.06 bits per heavy atom. The fourth-order valence-electron chi connectivity index (χ4n) is 1.67. The Hall–Kier alpha value is -1.78. The van der Waals surface area contributed by atoms with E-state index in [0.29, 0.717) is 12.0 Å². The Bertz CT molecular complexity index is 372. The Labute approximate surface area is 92.8 Å². The summed E-state index contributed by atoms with van der Waals surface area (Å²) in [6.45, 7) is 3.57. The highest BCUT2D eigenvalue weighted by Gasteiger charge is 2.31. The Morgan fingerprint density at radius 2 is 2.56 bits per heavy atom. The molecule has 0 bridgehead atoms. The van der Waals surface area contributed by atoms with Crippen LogP contribution < -0.4 is 0 Å². The van der Waals surface area contributed by atoms with E-state index in [-0.39, 0.29) is 5.92 Å². The van der Waals surface area contributed by atoms with E-state index in [1.165, 1.54) is 13.2 Å². The van der Waals surface area contributed by atoms with Gasteiger partial charge in [0, 0.05) is 16.4 Å². The second kappa shape index (κ2) is 5.34. The average Bonchev–Trinajstić information content (AvgIpc) is 2.31. The molecule has 0 saturated carbocycles. The van der Waals surface area contributed by atoms with Crippen LogP contribution in [0.25, 0.3) is 10.4 Å². The van der Waals surface area contributed by atoms with Crippen molar-refractivity contribution in [3.05, 3.63) is 34.7 Å². The monoisotopic (exact) mass is 223 g/mol. The van der Waals surface area contributed by atoms with Crippen LogP contribution in [0.4, 0.5) is 0 Å². The van der Waals surface area contributed by atoms with Gasteiger partial charge in [-0.15, -0.1) is 6.58 Å². The number of azide groups is 1. The maximum absolute atomic E-state index is 11.3. The molecule has 0 spiro atoms. The Balaban J connectivity index is 3.02. The summed E-state index contributed by atoms with van der Waals surface area (Å²) in [6, 6.07) is -0.754. The molecule has 6 heteroatoms. The van der Waals surface area contributed by atoms with E-state index in [1.54, 1.807) is 6.08 Å². The number of rotatable bonds is 3. The smallest absolute Gasteiger partial charge is 0.333 e. The molecular formula is C10H13N3O3. The van der Waals surface area contributed by atoms with Gasteiger partial charge in [0.25, 0.3) is 0 Å². The van der Waals surface area contributed by atoms with E-state index in [0.717, 1.165) is 0 Å². The number of ether oxygens (including phenoxy) is 1. The van der Waals surface area contributed by atoms with Gasteiger partial charge < -0.3 is 9.84 Å². The molecule has 0 unspecified atom stereocenters. The number of methoxy groups -OCH3 is 1. The van der Waals surface area contributed by atoms with Gasteiger partial charge in [-0.25, -0.2) is 4.79 Å². The number of aliphatic hydroxyl groups is 1. The molecule has 1 N–H and O–H groups in total. The summed E-state index contributed by atoms with van der Waals surface area (Å²) in [5.74, 6) is -0.786. The zero-order valence-corrected chi connectivity index (χ0v) is 8.91. The highest BCUT2D eigenvalue weighted by Crippen LogP contribution is 2.28. The maximum Gasteiger partial charge on any atom is 0.333 e. The first kappa shape index (κ1) is 12.3. The van der Waals surface area contributed by atoms with E-state index in [9.17, 15) is 9.90 Å². The number of carbonyl (C=O) groups excluding carboxylic acids is 1. The minimum Gasteiger partial charge on any atom is -0.466 e. The third-order valence-electron chi connectivity index (χ3n) is 2.55. The quantitative estimate of drug-likeness (QED) is 0.257. The van der Waals surface area contributed by atoms with E-state index in [2.05, 4.69) is 21.3 Å². The van der Waals surface area contributed by atoms with Gasteiger partial charge in [-0.3, -0.25) is 0 Å². The van der Waals surface area contributed by atoms with Gasteiger partial charge in [-0.1, -0.05) is 17.3 Å². The van der Waals surface area contributed by atoms with Gasteiger partial charge in [-0.2, -0.15) is 0 Å². The molecule has 0 radical (unpaired) electrons. The number of hydrogen-bond donors (Lipinski definition) is 1. The van der Waals surface area contributed by atoms with Crippen LogP contribution in [0, 0.1) is 5.92 Å². The third kappa shape index (κ3) is 2.42. The number of nitrogens with zero attached hydrogens (tertiary/aromatic N) is 3. The van der Waals surface area contributed by atoms with Gasteiger partial charge in [0.1, 0.15) is 0 Å². The molecule has 1 aliphatic rings. The van der Waals surface area contributed by atoms with Crippen LogP contribution in [0.15, 0.2) is 29.4 Å². The first-order valence-electron chi connectivity index (χ1n) is 4.77. The van der Waals surface area contributed by atoms with Crippen molar-refractivity contribution in [2.45, 2.75) is 18.6 Å². The lowest BCUT2D eigenvalue weighted by Gasteiger charge is -2.28. The summed E-state index contributed by atoms with van der Waals surface area (Å²) in [5.41, 5.74) is 8.75. The van der Waals surface area contributed by atoms with Crippen LogP contribution in [0.5, 0.6) is 0 Å². The van der Waals surface area contributed by atoms with Crippen molar-refractivity contribution in [3.63, 3.8) is 0 Å². The first-order valence-corrected chi connectivity index (χ1v) is 4.77. The molecule has 0 saturated heterocycles. The zero-order chi connectivity index (χ0) is 12.1. The molecule has 0 aromatic carbocycles. The fraction of sp³-hybridized carbons (Fsp3) is 0.500. The Kier molecular flexibility index (Phi) is 4.10. The van der Waals surface area contributed by atoms with Crippen molar-refractivity contribution in [2.75, 3.05) is 7.11 Å². The van der Waals surface area contributed by atoms with Crippen LogP contribution >= 0.6 is 0 Å². The van der Waals surface area contributed by atoms with Crippen molar-refractivity contribution in [2.24, 2.45) is 11.0 Å². The number of aliphatic hydroxyl groups excluding tert-OH is 1. The van der Waals surface area contributed by atoms with Crippen molar-refractivity contribution in [1.82, 2.24) is 0 Å². The summed E-state index contributed by atoms with van der Waals surface area (Å²) in [5, 5.41) is 13.2. The first-order chi connectivity index (χ1) is 7.63. The van der Waals surface area contributed by atoms with Gasteiger partial charge in [0.05, 0.1) is 19.3 Å². The minimum atomic E-state index is -0.846. The fourth-order valence-corrected chi connectivity index (χ4v) is 1.67. The van der Waals surface area contributed by atoms with E-state index in [4.69, 9.17) is 5.53 Å². The second-order valence-corrected chi connectivity index (χ2v) is 3.47. The summed E-state index contributed by atoms with van der Waals surface area (Å²) < 4.78 is 4.59. The summed E-state index contributed by atoms with van der Waals surface area (Å²) in [7, 11) is 1.28. The molecule has 0 fully saturated rings. The summed E-state index contributed by atoms with van der Waals surface area (Å²) in [6.07, 6.45) is 2.48. The van der Waals surface area contributed by atoms with Gasteiger partial charge in [0.15, 0.2) is 0 Å². The number of hydrogen-bond acceptors (Lipinski definition) is 4. The summed E-state index contributed by atoms with van der Waals surface area (Å²) >= 11 is 0. The molecule has 1 rings (SSSR count). The molecule has 16 heavy (non-hydrogen) atoms. The van der Waals surface area contributed by atoms with Crippen LogP contribution in [-0.2, 0) is 9.53 Å². The number of esters is 1. The highest BCUT2D eigenvalue weighted by atomic mass is 16.5. The van der Waals surface area contributed by atoms with E-state index < -0.39 is 18.1 Å². The molecule has 6 nitrogen and oxygen atoms in total. The largest absolute Gasteiger partial charge is 0.466 e. The second-order valence-electron chi connectivity index (χ2n) is 3.47. The minimum absolute atomic E-state index is 0.311. The van der Waals surface area contributed by atoms with Crippen molar-refractivity contribution in [3.8, 4) is 0 Å². The lowest BCUT2D eigenvalue weighted by atomic mass is 9.84. The van der Waals surface area contributed by atoms with Crippen molar-refractivity contribution < 1.29 is 14.6 Å². The molecule has 86 valence electrons. The van der Waals surface area contributed by atoms with Crippen molar-refractivity contribution in [1.29, 1.82) is 0 Å². The zero-order valence-electron chi connectivity index (χ0n) is 8.91. The normalized spacial score (nSPS) is 28.6. The molecule has 1 aliphatic carbocycles. The van der Waals surface area contributed by atoms with E-state index >= 15 is 0 Å². The maximum atomic E-state index is 11.3. The van der Waals surface area contributed by atoms with Crippen LogP contribution in [0.3, 0.4) is 0 Å². The van der Waals surface area contributed by atoms with Gasteiger partial charge in [-0.05, 0) is 12.0 Å². The van der Waals surface area contributed by atoms with Gasteiger partial charge >= 0.3 is 5.97 Å². The third-order valence-corrected chi connectivity index (χ3v) is 2.55. The molecule has 0 aliphatic heterocycles. The molecule has 0 amide bonds. The van der Waals surface area contributed by atoms with E-state index in [1.807, 2.05) is 0 Å². The Morgan fingerprint density at radius 1 is 1.88 bits per heavy atom. The SMILES string of the molecule is C=C[C@@H]1CC(C(=O)OC)=C[C@H](N=[N+]=[N-])[C@H]1O. The topological polar surface area (TPSA) is 95.3 Å². The standard InChI is InChI=1S/C10H13N3O3/c1-3-6-4-7(10(15)16-2)5-8(9(6)14)12-13-11/h3,5-6,8-9,14H,1,4H2,2H3/t6-,8+,9+/m1/s1. The number of carbonyl (C=O) groups is 1. The van der Waals surface area contributed by atoms with Crippen LogP contribution in [-0.4, -0.2) is 30.3 Å². The van der Waals surface area contributed by atoms with Crippen LogP contribution in [0.2, 0.25) is 0 Å². The summed E-state index contributed by atoms with van der Waals surface area (Å²) in [4.78, 5) is 14.0. The van der Waals surface area contributed by atoms with Gasteiger partial charge in [0.2, 0.25) is 0 Å². The predicted octanol–water partition coefficient (Wildman–Crippen LogP) is 1.33. The van der Waals surface area contributed by atoms with Crippen molar-refractivity contribution >= 4 is 5.97 Å². The van der Waals surface area contributed by atoms with Crippen LogP contribution in [0.1, 0.15) is 6.42 Å². The highest BCUT2D eigenvalue weighted by molar-refractivity contribution is 5.88. The average molecular weight is 223 g/mol. The molecule has 0 aromatic rings. The molecule has 0 aromatic heterocycles.